The van der Waals surface area contributed by atoms with Gasteiger partial charge in [0.05, 0.1) is 10.7 Å². The van der Waals surface area contributed by atoms with Crippen LogP contribution in [0, 0.1) is 13.8 Å². The van der Waals surface area contributed by atoms with E-state index < -0.39 is 10.0 Å². The highest BCUT2D eigenvalue weighted by molar-refractivity contribution is 7.89. The summed E-state index contributed by atoms with van der Waals surface area (Å²) in [7, 11) is -3.59. The van der Waals surface area contributed by atoms with E-state index in [1.807, 2.05) is 19.1 Å². The lowest BCUT2D eigenvalue weighted by Gasteiger charge is -2.33. The number of nitrogens with zero attached hydrogens (tertiary/aromatic N) is 3. The van der Waals surface area contributed by atoms with Gasteiger partial charge >= 0.3 is 0 Å². The van der Waals surface area contributed by atoms with Crippen molar-refractivity contribution in [3.63, 3.8) is 0 Å². The van der Waals surface area contributed by atoms with E-state index in [4.69, 9.17) is 16.0 Å². The Morgan fingerprint density at radius 3 is 2.50 bits per heavy atom. The highest BCUT2D eigenvalue weighted by atomic mass is 35.5. The molecule has 8 heteroatoms. The smallest absolute Gasteiger partial charge is 0.244 e. The number of piperazine rings is 1. The summed E-state index contributed by atoms with van der Waals surface area (Å²) in [6.07, 6.45) is 1.68. The van der Waals surface area contributed by atoms with E-state index >= 15 is 0 Å². The SMILES string of the molecule is Cc1ccc(-c2nc(CN3CCN(S(=O)(=O)c4ccccc4Cl)CC3)co2)c(C)c1. The molecule has 2 aromatic carbocycles. The van der Waals surface area contributed by atoms with Crippen LogP contribution in [0.15, 0.2) is 58.0 Å². The molecule has 0 aliphatic carbocycles. The van der Waals surface area contributed by atoms with E-state index in [0.717, 1.165) is 16.8 Å². The van der Waals surface area contributed by atoms with Gasteiger partial charge in [-0.2, -0.15) is 4.31 Å². The molecule has 158 valence electrons. The molecule has 0 amide bonds. The monoisotopic (exact) mass is 445 g/mol. The quantitative estimate of drug-likeness (QED) is 0.591. The summed E-state index contributed by atoms with van der Waals surface area (Å²) in [6.45, 7) is 6.79. The average molecular weight is 446 g/mol. The molecule has 1 aromatic heterocycles. The zero-order valence-electron chi connectivity index (χ0n) is 17.0. The van der Waals surface area contributed by atoms with Gasteiger partial charge in [-0.1, -0.05) is 41.4 Å². The number of sulfonamides is 1. The van der Waals surface area contributed by atoms with Crippen LogP contribution in [0.3, 0.4) is 0 Å². The molecule has 3 aromatic rings. The minimum Gasteiger partial charge on any atom is -0.444 e. The molecule has 2 heterocycles. The largest absolute Gasteiger partial charge is 0.444 e. The summed E-state index contributed by atoms with van der Waals surface area (Å²) in [5, 5.41) is 0.251. The normalized spacial score (nSPS) is 16.1. The fourth-order valence-corrected chi connectivity index (χ4v) is 5.62. The van der Waals surface area contributed by atoms with Crippen molar-refractivity contribution in [2.45, 2.75) is 25.3 Å². The first-order chi connectivity index (χ1) is 14.3. The molecule has 0 N–H and O–H groups in total. The van der Waals surface area contributed by atoms with Crippen LogP contribution in [0.4, 0.5) is 0 Å². The average Bonchev–Trinajstić information content (AvgIpc) is 3.16. The van der Waals surface area contributed by atoms with Crippen molar-refractivity contribution in [1.29, 1.82) is 0 Å². The van der Waals surface area contributed by atoms with Gasteiger partial charge in [0.25, 0.3) is 0 Å². The molecule has 6 nitrogen and oxygen atoms in total. The van der Waals surface area contributed by atoms with Crippen LogP contribution >= 0.6 is 11.6 Å². The van der Waals surface area contributed by atoms with E-state index in [1.54, 1.807) is 30.5 Å². The van der Waals surface area contributed by atoms with Gasteiger partial charge in [0, 0.05) is 38.3 Å². The van der Waals surface area contributed by atoms with Gasteiger partial charge in [-0.3, -0.25) is 4.90 Å². The first-order valence-corrected chi connectivity index (χ1v) is 11.7. The number of halogens is 1. The van der Waals surface area contributed by atoms with Crippen LogP contribution < -0.4 is 0 Å². The second-order valence-electron chi connectivity index (χ2n) is 7.57. The maximum Gasteiger partial charge on any atom is 0.244 e. The summed E-state index contributed by atoms with van der Waals surface area (Å²) < 4.78 is 33.0. The molecule has 0 radical (unpaired) electrons. The Hall–Kier alpha value is -2.19. The maximum atomic E-state index is 12.9. The zero-order valence-corrected chi connectivity index (χ0v) is 18.6. The van der Waals surface area contributed by atoms with Crippen LogP contribution in [0.5, 0.6) is 0 Å². The van der Waals surface area contributed by atoms with Crippen molar-refractivity contribution in [2.75, 3.05) is 26.2 Å². The molecule has 1 aliphatic rings. The van der Waals surface area contributed by atoms with Gasteiger partial charge in [0.15, 0.2) is 0 Å². The number of hydrogen-bond acceptors (Lipinski definition) is 5. The fraction of sp³-hybridized carbons (Fsp3) is 0.318. The second-order valence-corrected chi connectivity index (χ2v) is 9.89. The second kappa shape index (κ2) is 8.51. The third kappa shape index (κ3) is 4.30. The summed E-state index contributed by atoms with van der Waals surface area (Å²) in [5.41, 5.74) is 4.16. The van der Waals surface area contributed by atoms with Crippen molar-refractivity contribution in [3.8, 4) is 11.5 Å². The number of aromatic nitrogens is 1. The molecule has 0 spiro atoms. The van der Waals surface area contributed by atoms with Crippen molar-refractivity contribution in [3.05, 3.63) is 70.6 Å². The zero-order chi connectivity index (χ0) is 21.3. The van der Waals surface area contributed by atoms with Crippen LogP contribution in [-0.4, -0.2) is 48.8 Å². The Bertz CT molecular complexity index is 1150. The fourth-order valence-electron chi connectivity index (χ4n) is 3.71. The topological polar surface area (TPSA) is 66.7 Å². The van der Waals surface area contributed by atoms with E-state index in [-0.39, 0.29) is 9.92 Å². The van der Waals surface area contributed by atoms with E-state index in [0.29, 0.717) is 38.6 Å². The van der Waals surface area contributed by atoms with E-state index in [9.17, 15) is 8.42 Å². The van der Waals surface area contributed by atoms with E-state index in [2.05, 4.69) is 22.9 Å². The predicted molar refractivity (Wildman–Crippen MR) is 117 cm³/mol. The molecule has 1 fully saturated rings. The Kier molecular flexibility index (Phi) is 5.97. The molecular weight excluding hydrogens is 422 g/mol. The minimum absolute atomic E-state index is 0.162. The number of oxazole rings is 1. The summed E-state index contributed by atoms with van der Waals surface area (Å²) >= 11 is 6.10. The molecule has 0 unspecified atom stereocenters. The third-order valence-electron chi connectivity index (χ3n) is 5.34. The summed E-state index contributed by atoms with van der Waals surface area (Å²) in [5.74, 6) is 0.613. The minimum atomic E-state index is -3.59. The molecule has 1 aliphatic heterocycles. The summed E-state index contributed by atoms with van der Waals surface area (Å²) in [4.78, 5) is 6.98. The van der Waals surface area contributed by atoms with Gasteiger partial charge in [-0.25, -0.2) is 13.4 Å². The van der Waals surface area contributed by atoms with Gasteiger partial charge in [0.2, 0.25) is 15.9 Å². The Balaban J connectivity index is 1.40. The highest BCUT2D eigenvalue weighted by Crippen LogP contribution is 2.26. The van der Waals surface area contributed by atoms with Gasteiger partial charge in [-0.05, 0) is 37.6 Å². The Morgan fingerprint density at radius 2 is 1.80 bits per heavy atom. The van der Waals surface area contributed by atoms with Crippen molar-refractivity contribution >= 4 is 21.6 Å². The standard InChI is InChI=1S/C22H24ClN3O3S/c1-16-7-8-19(17(2)13-16)22-24-18(15-29-22)14-25-9-11-26(12-10-25)30(27,28)21-6-4-3-5-20(21)23/h3-8,13,15H,9-12,14H2,1-2H3. The maximum absolute atomic E-state index is 12.9. The first-order valence-electron chi connectivity index (χ1n) is 9.83. The molecule has 0 saturated carbocycles. The van der Waals surface area contributed by atoms with Crippen LogP contribution in [0.1, 0.15) is 16.8 Å². The molecule has 4 rings (SSSR count). The van der Waals surface area contributed by atoms with Crippen LogP contribution in [0.25, 0.3) is 11.5 Å². The first kappa shape index (κ1) is 21.1. The van der Waals surface area contributed by atoms with Crippen molar-refractivity contribution in [1.82, 2.24) is 14.2 Å². The lowest BCUT2D eigenvalue weighted by atomic mass is 10.1. The number of benzene rings is 2. The Labute approximate surface area is 182 Å². The lowest BCUT2D eigenvalue weighted by molar-refractivity contribution is 0.180. The third-order valence-corrected chi connectivity index (χ3v) is 7.73. The highest BCUT2D eigenvalue weighted by Gasteiger charge is 2.30. The lowest BCUT2D eigenvalue weighted by Crippen LogP contribution is -2.48. The van der Waals surface area contributed by atoms with E-state index in [1.165, 1.54) is 9.87 Å². The van der Waals surface area contributed by atoms with Gasteiger partial charge in [0.1, 0.15) is 11.2 Å². The number of rotatable bonds is 5. The van der Waals surface area contributed by atoms with Crippen LogP contribution in [-0.2, 0) is 16.6 Å². The molecule has 30 heavy (non-hydrogen) atoms. The molecular formula is C22H24ClN3O3S. The molecule has 1 saturated heterocycles. The number of aryl methyl sites for hydroxylation is 2. The Morgan fingerprint density at radius 1 is 1.07 bits per heavy atom. The van der Waals surface area contributed by atoms with Crippen LogP contribution in [0.2, 0.25) is 5.02 Å². The summed E-state index contributed by atoms with van der Waals surface area (Å²) in [6, 6.07) is 12.7. The number of hydrogen-bond donors (Lipinski definition) is 0. The molecule has 0 bridgehead atoms. The van der Waals surface area contributed by atoms with Crippen molar-refractivity contribution in [2.24, 2.45) is 0 Å². The molecule has 0 atom stereocenters. The van der Waals surface area contributed by atoms with Gasteiger partial charge < -0.3 is 4.42 Å². The van der Waals surface area contributed by atoms with Crippen molar-refractivity contribution < 1.29 is 12.8 Å². The van der Waals surface area contributed by atoms with Gasteiger partial charge in [-0.15, -0.1) is 0 Å². The predicted octanol–water partition coefficient (Wildman–Crippen LogP) is 4.12.